The van der Waals surface area contributed by atoms with E-state index in [0.29, 0.717) is 5.56 Å². The van der Waals surface area contributed by atoms with E-state index in [1.54, 1.807) is 12.1 Å². The first kappa shape index (κ1) is 14.0. The minimum atomic E-state index is -4.25. The zero-order valence-electron chi connectivity index (χ0n) is 10.0. The lowest BCUT2D eigenvalue weighted by molar-refractivity contribution is -0.0327. The summed E-state index contributed by atoms with van der Waals surface area (Å²) in [6, 6.07) is 5.29. The molecule has 1 aromatic rings. The maximum atomic E-state index is 11.9. The van der Waals surface area contributed by atoms with E-state index in [2.05, 4.69) is 10.6 Å². The second-order valence-corrected chi connectivity index (χ2v) is 5.26. The molecule has 2 N–H and O–H groups in total. The number of nitrogens with one attached hydrogen (secondary N) is 2. The number of carbonyl (C=O) groups excluding carboxylic acids is 1. The molecule has 0 spiro atoms. The van der Waals surface area contributed by atoms with Crippen LogP contribution >= 0.6 is 11.8 Å². The van der Waals surface area contributed by atoms with Crippen molar-refractivity contribution in [2.45, 2.75) is 11.9 Å². The molecule has 0 saturated heterocycles. The Morgan fingerprint density at radius 3 is 2.95 bits per heavy atom. The van der Waals surface area contributed by atoms with Gasteiger partial charge >= 0.3 is 5.51 Å². The Balaban J connectivity index is 1.83. The van der Waals surface area contributed by atoms with Crippen molar-refractivity contribution in [3.8, 4) is 0 Å². The lowest BCUT2D eigenvalue weighted by Crippen LogP contribution is -2.26. The van der Waals surface area contributed by atoms with Crippen molar-refractivity contribution < 1.29 is 18.0 Å². The smallest absolute Gasteiger partial charge is 0.384 e. The van der Waals surface area contributed by atoms with Gasteiger partial charge in [-0.2, -0.15) is 13.2 Å². The summed E-state index contributed by atoms with van der Waals surface area (Å²) in [7, 11) is 0. The Kier molecular flexibility index (Phi) is 4.24. The summed E-state index contributed by atoms with van der Waals surface area (Å²) < 4.78 is 35.7. The van der Waals surface area contributed by atoms with Crippen LogP contribution in [0.1, 0.15) is 15.9 Å². The van der Waals surface area contributed by atoms with E-state index < -0.39 is 5.51 Å². The fourth-order valence-corrected chi connectivity index (χ4v) is 2.30. The van der Waals surface area contributed by atoms with E-state index in [-0.39, 0.29) is 30.0 Å². The predicted octanol–water partition coefficient (Wildman–Crippen LogP) is 2.64. The van der Waals surface area contributed by atoms with Crippen molar-refractivity contribution in [2.24, 2.45) is 0 Å². The molecule has 1 heterocycles. The molecule has 0 radical (unpaired) electrons. The van der Waals surface area contributed by atoms with Crippen molar-refractivity contribution in [2.75, 3.05) is 24.2 Å². The molecular weight excluding hydrogens is 277 g/mol. The van der Waals surface area contributed by atoms with Crippen molar-refractivity contribution >= 4 is 23.4 Å². The summed E-state index contributed by atoms with van der Waals surface area (Å²) >= 11 is -0.136. The van der Waals surface area contributed by atoms with Crippen LogP contribution in [0.5, 0.6) is 0 Å². The lowest BCUT2D eigenvalue weighted by atomic mass is 10.1. The van der Waals surface area contributed by atoms with Crippen LogP contribution in [0.4, 0.5) is 18.9 Å². The van der Waals surface area contributed by atoms with E-state index >= 15 is 0 Å². The number of amides is 1. The highest BCUT2D eigenvalue weighted by molar-refractivity contribution is 8.00. The Hall–Kier alpha value is -1.37. The normalized spacial score (nSPS) is 13.8. The van der Waals surface area contributed by atoms with Crippen LogP contribution in [0.3, 0.4) is 0 Å². The van der Waals surface area contributed by atoms with Crippen molar-refractivity contribution in [3.63, 3.8) is 0 Å². The number of fused-ring (bicyclic) bond motifs is 1. The molecule has 0 bridgehead atoms. The second kappa shape index (κ2) is 5.73. The molecule has 1 aliphatic rings. The van der Waals surface area contributed by atoms with Gasteiger partial charge in [-0.1, -0.05) is 6.07 Å². The Morgan fingerprint density at radius 1 is 1.42 bits per heavy atom. The van der Waals surface area contributed by atoms with Crippen LogP contribution in [0.2, 0.25) is 0 Å². The molecule has 3 nitrogen and oxygen atoms in total. The largest absolute Gasteiger partial charge is 0.441 e. The summed E-state index contributed by atoms with van der Waals surface area (Å²) in [5.74, 6) is -0.530. The summed E-state index contributed by atoms with van der Waals surface area (Å²) in [4.78, 5) is 11.7. The van der Waals surface area contributed by atoms with E-state index in [9.17, 15) is 18.0 Å². The molecule has 1 amide bonds. The monoisotopic (exact) mass is 290 g/mol. The zero-order chi connectivity index (χ0) is 13.9. The molecule has 19 heavy (non-hydrogen) atoms. The number of thioether (sulfide) groups is 1. The average Bonchev–Trinajstić information content (AvgIpc) is 2.80. The van der Waals surface area contributed by atoms with Crippen LogP contribution in [0.25, 0.3) is 0 Å². The molecule has 0 fully saturated rings. The van der Waals surface area contributed by atoms with Gasteiger partial charge in [0.2, 0.25) is 0 Å². The van der Waals surface area contributed by atoms with Crippen LogP contribution in [0.15, 0.2) is 18.2 Å². The number of hydrogen-bond donors (Lipinski definition) is 2. The van der Waals surface area contributed by atoms with Gasteiger partial charge in [0.25, 0.3) is 5.91 Å². The molecule has 2 rings (SSSR count). The van der Waals surface area contributed by atoms with E-state index in [1.807, 2.05) is 6.07 Å². The van der Waals surface area contributed by atoms with Crippen LogP contribution in [-0.4, -0.2) is 30.3 Å². The molecule has 7 heteroatoms. The maximum absolute atomic E-state index is 11.9. The third-order valence-electron chi connectivity index (χ3n) is 2.74. The molecule has 0 aliphatic carbocycles. The number of benzene rings is 1. The topological polar surface area (TPSA) is 41.1 Å². The number of anilines is 1. The molecular formula is C12H13F3N2OS. The van der Waals surface area contributed by atoms with Gasteiger partial charge in [-0.25, -0.2) is 0 Å². The second-order valence-electron chi connectivity index (χ2n) is 4.10. The summed E-state index contributed by atoms with van der Waals surface area (Å²) in [6.45, 7) is 0.843. The van der Waals surface area contributed by atoms with Crippen molar-refractivity contribution in [1.82, 2.24) is 5.32 Å². The fourth-order valence-electron chi connectivity index (χ4n) is 1.87. The van der Waals surface area contributed by atoms with Gasteiger partial charge in [0.1, 0.15) is 0 Å². The zero-order valence-corrected chi connectivity index (χ0v) is 10.8. The van der Waals surface area contributed by atoms with Crippen molar-refractivity contribution in [1.29, 1.82) is 0 Å². The van der Waals surface area contributed by atoms with Gasteiger partial charge in [-0.15, -0.1) is 0 Å². The molecule has 0 aromatic heterocycles. The van der Waals surface area contributed by atoms with Gasteiger partial charge in [0.05, 0.1) is 0 Å². The molecule has 0 unspecified atom stereocenters. The summed E-state index contributed by atoms with van der Waals surface area (Å²) in [5.41, 5.74) is -1.70. The first-order chi connectivity index (χ1) is 8.96. The van der Waals surface area contributed by atoms with E-state index in [1.165, 1.54) is 0 Å². The van der Waals surface area contributed by atoms with Gasteiger partial charge in [-0.05, 0) is 35.9 Å². The maximum Gasteiger partial charge on any atom is 0.441 e. The Labute approximate surface area is 112 Å². The van der Waals surface area contributed by atoms with Crippen LogP contribution in [0, 0.1) is 0 Å². The molecule has 0 atom stereocenters. The highest BCUT2D eigenvalue weighted by Crippen LogP contribution is 2.29. The van der Waals surface area contributed by atoms with E-state index in [4.69, 9.17) is 0 Å². The minimum absolute atomic E-state index is 0.00643. The quantitative estimate of drug-likeness (QED) is 0.838. The van der Waals surface area contributed by atoms with E-state index in [0.717, 1.165) is 24.2 Å². The SMILES string of the molecule is O=C(NCCSC(F)(F)F)c1ccc2c(c1)NCC2. The first-order valence-electron chi connectivity index (χ1n) is 5.81. The van der Waals surface area contributed by atoms with Crippen molar-refractivity contribution in [3.05, 3.63) is 29.3 Å². The first-order valence-corrected chi connectivity index (χ1v) is 6.80. The standard InChI is InChI=1S/C12H13F3N2OS/c13-12(14,15)19-6-5-17-11(18)9-2-1-8-3-4-16-10(8)7-9/h1-2,7,16H,3-6H2,(H,17,18). The number of halogens is 3. The highest BCUT2D eigenvalue weighted by atomic mass is 32.2. The fraction of sp³-hybridized carbons (Fsp3) is 0.417. The van der Waals surface area contributed by atoms with Gasteiger partial charge in [0, 0.05) is 30.1 Å². The molecule has 0 saturated carbocycles. The Bertz CT molecular complexity index is 477. The van der Waals surface area contributed by atoms with Crippen LogP contribution < -0.4 is 10.6 Å². The summed E-state index contributed by atoms with van der Waals surface area (Å²) in [5, 5.41) is 5.62. The highest BCUT2D eigenvalue weighted by Gasteiger charge is 2.27. The molecule has 1 aliphatic heterocycles. The predicted molar refractivity (Wildman–Crippen MR) is 69.5 cm³/mol. The number of carbonyl (C=O) groups is 1. The van der Waals surface area contributed by atoms with Gasteiger partial charge in [-0.3, -0.25) is 4.79 Å². The number of alkyl halides is 3. The van der Waals surface area contributed by atoms with Gasteiger partial charge < -0.3 is 10.6 Å². The van der Waals surface area contributed by atoms with Crippen LogP contribution in [-0.2, 0) is 6.42 Å². The Morgan fingerprint density at radius 2 is 2.21 bits per heavy atom. The number of rotatable bonds is 4. The van der Waals surface area contributed by atoms with Gasteiger partial charge in [0.15, 0.2) is 0 Å². The third-order valence-corrected chi connectivity index (χ3v) is 3.47. The average molecular weight is 290 g/mol. The minimum Gasteiger partial charge on any atom is -0.384 e. The lowest BCUT2D eigenvalue weighted by Gasteiger charge is -2.08. The molecule has 104 valence electrons. The third kappa shape index (κ3) is 4.05. The molecule has 1 aromatic carbocycles. The number of hydrogen-bond acceptors (Lipinski definition) is 3. The summed E-state index contributed by atoms with van der Waals surface area (Å²) in [6.07, 6.45) is 0.930.